The maximum atomic E-state index is 12.2. The molecule has 14 nitrogen and oxygen atoms in total. The average Bonchev–Trinajstić information content (AvgIpc) is 2.89. The van der Waals surface area contributed by atoms with Crippen LogP contribution in [-0.4, -0.2) is 104 Å². The van der Waals surface area contributed by atoms with Crippen LogP contribution in [0.25, 0.3) is 0 Å². The van der Waals surface area contributed by atoms with Crippen molar-refractivity contribution in [3.63, 3.8) is 0 Å². The van der Waals surface area contributed by atoms with Crippen LogP contribution < -0.4 is 21.3 Å². The molecule has 0 aliphatic rings. The van der Waals surface area contributed by atoms with E-state index in [9.17, 15) is 39.0 Å². The van der Waals surface area contributed by atoms with E-state index in [2.05, 4.69) is 21.3 Å². The highest BCUT2D eigenvalue weighted by atomic mass is 16.5. The van der Waals surface area contributed by atoms with Crippen LogP contribution in [0.2, 0.25) is 0 Å². The first kappa shape index (κ1) is 35.9. The fourth-order valence-electron chi connectivity index (χ4n) is 3.50. The van der Waals surface area contributed by atoms with Crippen molar-refractivity contribution in [2.24, 2.45) is 0 Å². The summed E-state index contributed by atoms with van der Waals surface area (Å²) in [6.07, 6.45) is 1.57. The molecule has 0 aliphatic heterocycles. The number of carbonyl (C=O) groups is 6. The summed E-state index contributed by atoms with van der Waals surface area (Å²) in [6.45, 7) is 4.56. The quantitative estimate of drug-likeness (QED) is 0.0836. The number of nitrogens with one attached hydrogen (secondary N) is 4. The van der Waals surface area contributed by atoms with Crippen LogP contribution in [-0.2, 0) is 38.2 Å². The van der Waals surface area contributed by atoms with E-state index in [1.807, 2.05) is 0 Å². The van der Waals surface area contributed by atoms with Gasteiger partial charge >= 0.3 is 11.9 Å². The SMILES string of the molecule is CCOCCOCC(=O)N[C@@H](CCC(=O)N[C@@H](CCC(=O)NCCCC[C@H](NC)C(=O)CC)C(=O)O)C(=O)O. The molecule has 0 aromatic rings. The van der Waals surface area contributed by atoms with Gasteiger partial charge in [-0.3, -0.25) is 19.2 Å². The Kier molecular flexibility index (Phi) is 20.1. The summed E-state index contributed by atoms with van der Waals surface area (Å²) in [7, 11) is 1.73. The average molecular weight is 561 g/mol. The van der Waals surface area contributed by atoms with Gasteiger partial charge in [0.2, 0.25) is 17.7 Å². The number of carbonyl (C=O) groups excluding carboxylic acids is 4. The molecule has 0 aromatic heterocycles. The molecule has 3 amide bonds. The second-order valence-electron chi connectivity index (χ2n) is 8.75. The Hall–Kier alpha value is -3.10. The first-order valence-corrected chi connectivity index (χ1v) is 13.2. The van der Waals surface area contributed by atoms with Crippen LogP contribution in [0.4, 0.5) is 0 Å². The van der Waals surface area contributed by atoms with Crippen LogP contribution in [0.15, 0.2) is 0 Å². The maximum Gasteiger partial charge on any atom is 0.326 e. The predicted molar refractivity (Wildman–Crippen MR) is 140 cm³/mol. The molecule has 0 saturated carbocycles. The zero-order valence-electron chi connectivity index (χ0n) is 23.1. The van der Waals surface area contributed by atoms with E-state index in [-0.39, 0.29) is 56.6 Å². The Morgan fingerprint density at radius 1 is 0.718 bits per heavy atom. The van der Waals surface area contributed by atoms with Crippen molar-refractivity contribution in [1.82, 2.24) is 21.3 Å². The molecule has 0 aromatic carbocycles. The molecule has 0 saturated heterocycles. The highest BCUT2D eigenvalue weighted by Gasteiger charge is 2.24. The summed E-state index contributed by atoms with van der Waals surface area (Å²) in [5.74, 6) is -4.33. The molecule has 0 rings (SSSR count). The number of carboxylic acid groups (broad SMARTS) is 2. The zero-order valence-corrected chi connectivity index (χ0v) is 23.1. The third-order valence-electron chi connectivity index (χ3n) is 5.72. The second kappa shape index (κ2) is 21.8. The van der Waals surface area contributed by atoms with Crippen LogP contribution >= 0.6 is 0 Å². The molecule has 6 N–H and O–H groups in total. The molecule has 0 aliphatic carbocycles. The van der Waals surface area contributed by atoms with Crippen molar-refractivity contribution in [3.8, 4) is 0 Å². The molecule has 3 atom stereocenters. The number of ketones is 1. The molecule has 0 spiro atoms. The number of hydrogen-bond donors (Lipinski definition) is 6. The molecule has 0 heterocycles. The summed E-state index contributed by atoms with van der Waals surface area (Å²) in [5, 5.41) is 28.9. The molecule has 0 fully saturated rings. The third-order valence-corrected chi connectivity index (χ3v) is 5.72. The lowest BCUT2D eigenvalue weighted by atomic mass is 10.0. The highest BCUT2D eigenvalue weighted by molar-refractivity contribution is 5.86. The van der Waals surface area contributed by atoms with Crippen molar-refractivity contribution in [1.29, 1.82) is 0 Å². The van der Waals surface area contributed by atoms with Crippen molar-refractivity contribution in [2.75, 3.05) is 40.0 Å². The minimum Gasteiger partial charge on any atom is -0.480 e. The number of unbranched alkanes of at least 4 members (excludes halogenated alkanes) is 1. The fraction of sp³-hybridized carbons (Fsp3) is 0.760. The van der Waals surface area contributed by atoms with Gasteiger partial charge in [0, 0.05) is 32.4 Å². The lowest BCUT2D eigenvalue weighted by Gasteiger charge is -2.17. The molecule has 224 valence electrons. The fourth-order valence-corrected chi connectivity index (χ4v) is 3.50. The van der Waals surface area contributed by atoms with E-state index in [0.717, 1.165) is 6.42 Å². The van der Waals surface area contributed by atoms with Gasteiger partial charge in [-0.05, 0) is 46.1 Å². The van der Waals surface area contributed by atoms with Crippen LogP contribution in [0.5, 0.6) is 0 Å². The number of amides is 3. The summed E-state index contributed by atoms with van der Waals surface area (Å²) in [5.41, 5.74) is 0. The summed E-state index contributed by atoms with van der Waals surface area (Å²) >= 11 is 0. The number of Topliss-reactive ketones (excluding diaryl/α,β-unsaturated/α-hetero) is 1. The van der Waals surface area contributed by atoms with Crippen molar-refractivity contribution in [2.45, 2.75) is 83.3 Å². The predicted octanol–water partition coefficient (Wildman–Crippen LogP) is -0.408. The largest absolute Gasteiger partial charge is 0.480 e. The summed E-state index contributed by atoms with van der Waals surface area (Å²) in [6, 6.07) is -2.91. The van der Waals surface area contributed by atoms with Crippen LogP contribution in [0, 0.1) is 0 Å². The Balaban J connectivity index is 4.40. The molecular weight excluding hydrogens is 516 g/mol. The van der Waals surface area contributed by atoms with Crippen molar-refractivity contribution >= 4 is 35.4 Å². The number of carboxylic acids is 2. The van der Waals surface area contributed by atoms with E-state index >= 15 is 0 Å². The first-order valence-electron chi connectivity index (χ1n) is 13.2. The normalized spacial score (nSPS) is 13.1. The van der Waals surface area contributed by atoms with Crippen molar-refractivity contribution < 1.29 is 48.5 Å². The van der Waals surface area contributed by atoms with Gasteiger partial charge in [0.05, 0.1) is 19.3 Å². The van der Waals surface area contributed by atoms with E-state index < -0.39 is 35.8 Å². The van der Waals surface area contributed by atoms with Gasteiger partial charge in [0.25, 0.3) is 0 Å². The van der Waals surface area contributed by atoms with Gasteiger partial charge in [0.15, 0.2) is 0 Å². The molecule has 0 bridgehead atoms. The van der Waals surface area contributed by atoms with Crippen molar-refractivity contribution in [3.05, 3.63) is 0 Å². The Labute approximate surface area is 228 Å². The minimum atomic E-state index is -1.36. The lowest BCUT2D eigenvalue weighted by molar-refractivity contribution is -0.144. The monoisotopic (exact) mass is 560 g/mol. The van der Waals surface area contributed by atoms with Gasteiger partial charge in [0.1, 0.15) is 24.5 Å². The topological polar surface area (TPSA) is 209 Å². The second-order valence-corrected chi connectivity index (χ2v) is 8.75. The number of likely N-dealkylation sites (N-methyl/N-ethyl adjacent to an activating group) is 1. The molecule has 0 radical (unpaired) electrons. The maximum absolute atomic E-state index is 12.2. The zero-order chi connectivity index (χ0) is 29.6. The third kappa shape index (κ3) is 17.9. The highest BCUT2D eigenvalue weighted by Crippen LogP contribution is 2.05. The molecule has 0 unspecified atom stereocenters. The Bertz CT molecular complexity index is 793. The summed E-state index contributed by atoms with van der Waals surface area (Å²) in [4.78, 5) is 70.9. The van der Waals surface area contributed by atoms with E-state index in [4.69, 9.17) is 9.47 Å². The van der Waals surface area contributed by atoms with E-state index in [0.29, 0.717) is 39.0 Å². The number of ether oxygens (including phenoxy) is 2. The standard InChI is InChI=1S/C25H44N4O10/c1-4-20(30)17(26-3)8-6-7-13-27-21(31)11-9-18(24(34)35)28-22(32)12-10-19(25(36)37)29-23(33)16-39-15-14-38-5-2/h17-19,26H,4-16H2,1-3H3,(H,27,31)(H,28,32)(H,29,33)(H,34,35)(H,36,37)/t17-,18-,19-/m0/s1. The number of aliphatic carboxylic acids is 2. The van der Waals surface area contributed by atoms with E-state index in [1.165, 1.54) is 0 Å². The minimum absolute atomic E-state index is 0.130. The van der Waals surface area contributed by atoms with Crippen LogP contribution in [0.3, 0.4) is 0 Å². The van der Waals surface area contributed by atoms with E-state index in [1.54, 1.807) is 20.9 Å². The smallest absolute Gasteiger partial charge is 0.326 e. The number of hydrogen-bond acceptors (Lipinski definition) is 9. The Morgan fingerprint density at radius 2 is 1.28 bits per heavy atom. The van der Waals surface area contributed by atoms with Gasteiger partial charge in [-0.1, -0.05) is 6.92 Å². The molecule has 14 heteroatoms. The molecule has 39 heavy (non-hydrogen) atoms. The van der Waals surface area contributed by atoms with Gasteiger partial charge in [-0.2, -0.15) is 0 Å². The first-order chi connectivity index (χ1) is 18.5. The van der Waals surface area contributed by atoms with Gasteiger partial charge in [-0.15, -0.1) is 0 Å². The lowest BCUT2D eigenvalue weighted by Crippen LogP contribution is -2.45. The van der Waals surface area contributed by atoms with Gasteiger partial charge < -0.3 is 41.0 Å². The van der Waals surface area contributed by atoms with Gasteiger partial charge in [-0.25, -0.2) is 9.59 Å². The summed E-state index contributed by atoms with van der Waals surface area (Å²) < 4.78 is 10.1. The van der Waals surface area contributed by atoms with Crippen LogP contribution in [0.1, 0.15) is 65.2 Å². The Morgan fingerprint density at radius 3 is 1.82 bits per heavy atom. The molecular formula is C25H44N4O10. The number of rotatable bonds is 24.